The molecule has 1 saturated heterocycles. The third-order valence-electron chi connectivity index (χ3n) is 5.36. The van der Waals surface area contributed by atoms with Crippen LogP contribution in [-0.2, 0) is 14.4 Å². The van der Waals surface area contributed by atoms with Crippen LogP contribution in [0.5, 0.6) is 0 Å². The Hall–Kier alpha value is -3.55. The minimum absolute atomic E-state index is 0.0141. The summed E-state index contributed by atoms with van der Waals surface area (Å²) in [4.78, 5) is 37.8. The van der Waals surface area contributed by atoms with Crippen LogP contribution in [0.2, 0.25) is 0 Å². The highest BCUT2D eigenvalue weighted by Gasteiger charge is 2.25. The summed E-state index contributed by atoms with van der Waals surface area (Å²) in [5, 5.41) is 8.38. The monoisotopic (exact) mass is 422 g/mol. The van der Waals surface area contributed by atoms with Crippen LogP contribution in [-0.4, -0.2) is 41.5 Å². The first-order valence-corrected chi connectivity index (χ1v) is 10.3. The summed E-state index contributed by atoms with van der Waals surface area (Å²) in [5.41, 5.74) is 2.34. The molecule has 0 unspecified atom stereocenters. The van der Waals surface area contributed by atoms with Crippen molar-refractivity contribution in [3.8, 4) is 0 Å². The highest BCUT2D eigenvalue weighted by Crippen LogP contribution is 2.27. The van der Waals surface area contributed by atoms with Crippen LogP contribution in [0.25, 0.3) is 0 Å². The summed E-state index contributed by atoms with van der Waals surface area (Å²) in [7, 11) is 0. The molecule has 160 valence electrons. The molecule has 0 radical (unpaired) electrons. The van der Waals surface area contributed by atoms with Gasteiger partial charge in [0.15, 0.2) is 0 Å². The third-order valence-corrected chi connectivity index (χ3v) is 5.36. The van der Waals surface area contributed by atoms with Gasteiger partial charge in [0.1, 0.15) is 5.82 Å². The molecule has 0 bridgehead atoms. The number of amides is 3. The van der Waals surface area contributed by atoms with E-state index in [2.05, 4.69) is 10.4 Å². The molecule has 2 aliphatic rings. The number of benzene rings is 2. The lowest BCUT2D eigenvalue weighted by molar-refractivity contribution is -0.132. The summed E-state index contributed by atoms with van der Waals surface area (Å²) < 4.78 is 14.4. The molecule has 0 aromatic heterocycles. The summed E-state index contributed by atoms with van der Waals surface area (Å²) in [5.74, 6) is -1.28. The van der Waals surface area contributed by atoms with Crippen molar-refractivity contribution in [2.24, 2.45) is 5.10 Å². The molecule has 0 saturated carbocycles. The summed E-state index contributed by atoms with van der Waals surface area (Å²) in [6.07, 6.45) is 1.78. The lowest BCUT2D eigenvalue weighted by atomic mass is 10.1. The first-order valence-electron chi connectivity index (χ1n) is 10.3. The molecular weight excluding hydrogens is 399 g/mol. The number of nitrogens with zero attached hydrogens (tertiary/aromatic N) is 3. The van der Waals surface area contributed by atoms with Crippen molar-refractivity contribution < 1.29 is 18.8 Å². The van der Waals surface area contributed by atoms with E-state index >= 15 is 0 Å². The molecule has 2 aliphatic heterocycles. The van der Waals surface area contributed by atoms with Crippen LogP contribution < -0.4 is 10.2 Å². The second-order valence-electron chi connectivity index (χ2n) is 7.54. The third kappa shape index (κ3) is 4.79. The zero-order valence-electron chi connectivity index (χ0n) is 17.0. The zero-order valence-corrected chi connectivity index (χ0v) is 17.0. The first kappa shape index (κ1) is 20.7. The van der Waals surface area contributed by atoms with Crippen LogP contribution in [0.3, 0.4) is 0 Å². The summed E-state index contributed by atoms with van der Waals surface area (Å²) in [6.45, 7) is 0.987. The van der Waals surface area contributed by atoms with Gasteiger partial charge in [-0.2, -0.15) is 5.10 Å². The average Bonchev–Trinajstić information content (AvgIpc) is 3.42. The number of carbonyl (C=O) groups is 3. The SMILES string of the molecule is O=C(CCC(=O)N1CCC(c2ccccc2)=N1)Nc1ccc(N2CCCC2=O)c(F)c1. The number of hydrogen-bond donors (Lipinski definition) is 1. The van der Waals surface area contributed by atoms with Crippen LogP contribution in [0, 0.1) is 5.82 Å². The van der Waals surface area contributed by atoms with Crippen molar-refractivity contribution in [3.05, 3.63) is 59.9 Å². The van der Waals surface area contributed by atoms with Gasteiger partial charge < -0.3 is 10.2 Å². The normalized spacial score (nSPS) is 15.9. The molecule has 1 N–H and O–H groups in total. The van der Waals surface area contributed by atoms with Gasteiger partial charge in [-0.15, -0.1) is 0 Å². The summed E-state index contributed by atoms with van der Waals surface area (Å²) >= 11 is 0. The number of anilines is 2. The van der Waals surface area contributed by atoms with Gasteiger partial charge in [0.25, 0.3) is 0 Å². The molecule has 4 rings (SSSR count). The van der Waals surface area contributed by atoms with Crippen molar-refractivity contribution in [2.45, 2.75) is 32.1 Å². The maximum atomic E-state index is 14.4. The topological polar surface area (TPSA) is 82.1 Å². The Morgan fingerprint density at radius 3 is 2.55 bits per heavy atom. The molecule has 1 fully saturated rings. The highest BCUT2D eigenvalue weighted by atomic mass is 19.1. The van der Waals surface area contributed by atoms with E-state index in [0.29, 0.717) is 32.4 Å². The van der Waals surface area contributed by atoms with E-state index in [1.807, 2.05) is 30.3 Å². The molecule has 0 aliphatic carbocycles. The van der Waals surface area contributed by atoms with Crippen molar-refractivity contribution in [1.82, 2.24) is 5.01 Å². The van der Waals surface area contributed by atoms with E-state index in [9.17, 15) is 18.8 Å². The van der Waals surface area contributed by atoms with Gasteiger partial charge in [-0.1, -0.05) is 30.3 Å². The van der Waals surface area contributed by atoms with Gasteiger partial charge in [-0.05, 0) is 30.2 Å². The predicted molar refractivity (Wildman–Crippen MR) is 115 cm³/mol. The van der Waals surface area contributed by atoms with Crippen LogP contribution in [0.1, 0.15) is 37.7 Å². The van der Waals surface area contributed by atoms with Crippen molar-refractivity contribution in [2.75, 3.05) is 23.3 Å². The summed E-state index contributed by atoms with van der Waals surface area (Å²) in [6, 6.07) is 13.9. The Kier molecular flexibility index (Phi) is 6.06. The number of hydrogen-bond acceptors (Lipinski definition) is 4. The van der Waals surface area contributed by atoms with Gasteiger partial charge in [0.2, 0.25) is 17.7 Å². The Labute approximate surface area is 179 Å². The Balaban J connectivity index is 1.29. The molecule has 31 heavy (non-hydrogen) atoms. The van der Waals surface area contributed by atoms with Gasteiger partial charge in [0, 0.05) is 37.9 Å². The van der Waals surface area contributed by atoms with Crippen molar-refractivity contribution in [3.63, 3.8) is 0 Å². The van der Waals surface area contributed by atoms with Crippen LogP contribution in [0.4, 0.5) is 15.8 Å². The van der Waals surface area contributed by atoms with E-state index in [4.69, 9.17) is 0 Å². The maximum Gasteiger partial charge on any atom is 0.243 e. The second-order valence-corrected chi connectivity index (χ2v) is 7.54. The van der Waals surface area contributed by atoms with E-state index in [1.54, 1.807) is 6.07 Å². The number of nitrogens with one attached hydrogen (secondary N) is 1. The smallest absolute Gasteiger partial charge is 0.243 e. The predicted octanol–water partition coefficient (Wildman–Crippen LogP) is 3.31. The average molecular weight is 422 g/mol. The molecule has 0 atom stereocenters. The molecule has 8 heteroatoms. The number of hydrazone groups is 1. The Bertz CT molecular complexity index is 1040. The molecule has 7 nitrogen and oxygen atoms in total. The largest absolute Gasteiger partial charge is 0.326 e. The van der Waals surface area contributed by atoms with E-state index in [0.717, 1.165) is 11.3 Å². The van der Waals surface area contributed by atoms with Gasteiger partial charge in [-0.25, -0.2) is 9.40 Å². The first-order chi connectivity index (χ1) is 15.0. The molecule has 3 amide bonds. The molecule has 2 heterocycles. The maximum absolute atomic E-state index is 14.4. The lowest BCUT2D eigenvalue weighted by Crippen LogP contribution is -2.25. The molecule has 0 spiro atoms. The number of halogens is 1. The lowest BCUT2D eigenvalue weighted by Gasteiger charge is -2.17. The van der Waals surface area contributed by atoms with E-state index < -0.39 is 5.82 Å². The highest BCUT2D eigenvalue weighted by molar-refractivity contribution is 6.03. The fourth-order valence-electron chi connectivity index (χ4n) is 3.75. The number of carbonyl (C=O) groups excluding carboxylic acids is 3. The zero-order chi connectivity index (χ0) is 21.8. The van der Waals surface area contributed by atoms with Gasteiger partial charge in [-0.3, -0.25) is 14.4 Å². The Morgan fingerprint density at radius 2 is 1.84 bits per heavy atom. The molecule has 2 aromatic rings. The quantitative estimate of drug-likeness (QED) is 0.775. The fourth-order valence-corrected chi connectivity index (χ4v) is 3.75. The fraction of sp³-hybridized carbons (Fsp3) is 0.304. The standard InChI is InChI=1S/C23H23FN4O3/c24-18-15-17(8-9-20(18)27-13-4-7-22(27)30)25-21(29)10-11-23(31)28-14-12-19(26-28)16-5-2-1-3-6-16/h1-3,5-6,8-9,15H,4,7,10-14H2,(H,25,29). The second kappa shape index (κ2) is 9.07. The van der Waals surface area contributed by atoms with E-state index in [1.165, 1.54) is 22.0 Å². The minimum atomic E-state index is -0.566. The van der Waals surface area contributed by atoms with Crippen molar-refractivity contribution in [1.29, 1.82) is 0 Å². The van der Waals surface area contributed by atoms with Gasteiger partial charge >= 0.3 is 0 Å². The van der Waals surface area contributed by atoms with Crippen molar-refractivity contribution >= 4 is 34.8 Å². The molecular formula is C23H23FN4O3. The van der Waals surface area contributed by atoms with Crippen LogP contribution >= 0.6 is 0 Å². The minimum Gasteiger partial charge on any atom is -0.326 e. The van der Waals surface area contributed by atoms with Crippen LogP contribution in [0.15, 0.2) is 53.6 Å². The van der Waals surface area contributed by atoms with E-state index in [-0.39, 0.29) is 41.9 Å². The Morgan fingerprint density at radius 1 is 1.03 bits per heavy atom. The van der Waals surface area contributed by atoms with Gasteiger partial charge in [0.05, 0.1) is 17.9 Å². The molecule has 2 aromatic carbocycles. The number of rotatable bonds is 6.